The minimum Gasteiger partial charge on any atom is -0.326 e. The average Bonchev–Trinajstić information content (AvgIpc) is 2.99. The van der Waals surface area contributed by atoms with Gasteiger partial charge in [-0.1, -0.05) is 0 Å². The van der Waals surface area contributed by atoms with Gasteiger partial charge in [0.05, 0.1) is 10.6 Å². The SMILES string of the molecule is CC(=O)Nc1ccc(F)c(NC(=O)C2CSC3(C)CCC(=O)N23)c1. The zero-order valence-electron chi connectivity index (χ0n) is 13.4. The molecule has 2 unspecified atom stereocenters. The van der Waals surface area contributed by atoms with Gasteiger partial charge in [-0.3, -0.25) is 14.4 Å². The van der Waals surface area contributed by atoms with Crippen LogP contribution < -0.4 is 10.6 Å². The van der Waals surface area contributed by atoms with E-state index < -0.39 is 17.8 Å². The number of carbonyl (C=O) groups is 3. The van der Waals surface area contributed by atoms with Gasteiger partial charge >= 0.3 is 0 Å². The highest BCUT2D eigenvalue weighted by molar-refractivity contribution is 8.01. The molecule has 2 aliphatic heterocycles. The molecule has 0 bridgehead atoms. The summed E-state index contributed by atoms with van der Waals surface area (Å²) in [7, 11) is 0. The van der Waals surface area contributed by atoms with Crippen molar-refractivity contribution in [3.8, 4) is 0 Å². The molecule has 0 aliphatic carbocycles. The van der Waals surface area contributed by atoms with Crippen LogP contribution in [0.4, 0.5) is 15.8 Å². The molecule has 2 saturated heterocycles. The number of rotatable bonds is 3. The van der Waals surface area contributed by atoms with Crippen LogP contribution >= 0.6 is 11.8 Å². The Morgan fingerprint density at radius 2 is 2.12 bits per heavy atom. The molecule has 6 nitrogen and oxygen atoms in total. The van der Waals surface area contributed by atoms with Crippen molar-refractivity contribution in [1.82, 2.24) is 4.90 Å². The first-order valence-electron chi connectivity index (χ1n) is 7.64. The van der Waals surface area contributed by atoms with E-state index in [2.05, 4.69) is 10.6 Å². The molecule has 0 saturated carbocycles. The molecule has 2 fully saturated rings. The van der Waals surface area contributed by atoms with Gasteiger partial charge in [0.15, 0.2) is 0 Å². The predicted octanol–water partition coefficient (Wildman–Crippen LogP) is 2.18. The van der Waals surface area contributed by atoms with E-state index >= 15 is 0 Å². The Bertz CT molecular complexity index is 727. The molecule has 2 heterocycles. The summed E-state index contributed by atoms with van der Waals surface area (Å²) in [6, 6.07) is 3.34. The second kappa shape index (κ2) is 6.08. The van der Waals surface area contributed by atoms with Crippen LogP contribution in [0.25, 0.3) is 0 Å². The maximum Gasteiger partial charge on any atom is 0.248 e. The van der Waals surface area contributed by atoms with Gasteiger partial charge in [-0.15, -0.1) is 11.8 Å². The van der Waals surface area contributed by atoms with E-state index in [1.807, 2.05) is 6.92 Å². The van der Waals surface area contributed by atoms with E-state index in [1.54, 1.807) is 16.7 Å². The smallest absolute Gasteiger partial charge is 0.248 e. The largest absolute Gasteiger partial charge is 0.326 e. The third kappa shape index (κ3) is 2.98. The van der Waals surface area contributed by atoms with Gasteiger partial charge in [0.1, 0.15) is 11.9 Å². The minimum absolute atomic E-state index is 0.0171. The standard InChI is InChI=1S/C16H18FN3O3S/c1-9(21)18-10-3-4-11(17)12(7-10)19-15(23)13-8-24-16(2)6-5-14(22)20(13)16/h3-4,7,13H,5-6,8H2,1-2H3,(H,18,21)(H,19,23). The Morgan fingerprint density at radius 3 is 2.83 bits per heavy atom. The zero-order chi connectivity index (χ0) is 17.5. The Labute approximate surface area is 143 Å². The van der Waals surface area contributed by atoms with Gasteiger partial charge in [-0.05, 0) is 31.5 Å². The second-order valence-electron chi connectivity index (χ2n) is 6.13. The van der Waals surface area contributed by atoms with E-state index in [0.29, 0.717) is 24.3 Å². The number of nitrogens with zero attached hydrogens (tertiary/aromatic N) is 1. The van der Waals surface area contributed by atoms with Crippen LogP contribution in [0.15, 0.2) is 18.2 Å². The summed E-state index contributed by atoms with van der Waals surface area (Å²) in [4.78, 5) is 37.0. The summed E-state index contributed by atoms with van der Waals surface area (Å²) >= 11 is 1.58. The van der Waals surface area contributed by atoms with E-state index in [-0.39, 0.29) is 22.4 Å². The summed E-state index contributed by atoms with van der Waals surface area (Å²) in [5.74, 6) is -0.861. The van der Waals surface area contributed by atoms with Crippen LogP contribution in [0.1, 0.15) is 26.7 Å². The Kier molecular flexibility index (Phi) is 4.25. The molecule has 2 atom stereocenters. The Morgan fingerprint density at radius 1 is 1.38 bits per heavy atom. The maximum absolute atomic E-state index is 14.0. The number of benzene rings is 1. The first-order valence-corrected chi connectivity index (χ1v) is 8.63. The molecule has 0 spiro atoms. The van der Waals surface area contributed by atoms with Gasteiger partial charge < -0.3 is 15.5 Å². The molecule has 2 N–H and O–H groups in total. The van der Waals surface area contributed by atoms with Gasteiger partial charge in [-0.25, -0.2) is 4.39 Å². The normalized spacial score (nSPS) is 25.5. The lowest BCUT2D eigenvalue weighted by molar-refractivity contribution is -0.135. The molecule has 0 aromatic heterocycles. The highest BCUT2D eigenvalue weighted by Gasteiger charge is 2.52. The highest BCUT2D eigenvalue weighted by Crippen LogP contribution is 2.47. The molecule has 128 valence electrons. The average molecular weight is 351 g/mol. The van der Waals surface area contributed by atoms with E-state index in [0.717, 1.165) is 0 Å². The van der Waals surface area contributed by atoms with Crippen LogP contribution in [-0.4, -0.2) is 39.3 Å². The number of anilines is 2. The fourth-order valence-corrected chi connectivity index (χ4v) is 4.56. The van der Waals surface area contributed by atoms with E-state index in [9.17, 15) is 18.8 Å². The van der Waals surface area contributed by atoms with E-state index in [1.165, 1.54) is 25.1 Å². The minimum atomic E-state index is -0.612. The quantitative estimate of drug-likeness (QED) is 0.875. The fourth-order valence-electron chi connectivity index (χ4n) is 3.13. The molecule has 3 rings (SSSR count). The van der Waals surface area contributed by atoms with Crippen LogP contribution in [0, 0.1) is 5.82 Å². The number of hydrogen-bond acceptors (Lipinski definition) is 4. The first kappa shape index (κ1) is 16.8. The molecule has 3 amide bonds. The second-order valence-corrected chi connectivity index (χ2v) is 7.63. The van der Waals surface area contributed by atoms with Crippen LogP contribution in [-0.2, 0) is 14.4 Å². The lowest BCUT2D eigenvalue weighted by Gasteiger charge is -2.29. The number of nitrogens with one attached hydrogen (secondary N) is 2. The summed E-state index contributed by atoms with van der Waals surface area (Å²) in [5.41, 5.74) is 0.374. The van der Waals surface area contributed by atoms with E-state index in [4.69, 9.17) is 0 Å². The Balaban J connectivity index is 1.78. The molecule has 0 radical (unpaired) electrons. The lowest BCUT2D eigenvalue weighted by Crippen LogP contribution is -2.48. The van der Waals surface area contributed by atoms with Gasteiger partial charge in [0.2, 0.25) is 17.7 Å². The third-order valence-corrected chi connectivity index (χ3v) is 5.80. The van der Waals surface area contributed by atoms with Crippen molar-refractivity contribution in [1.29, 1.82) is 0 Å². The summed E-state index contributed by atoms with van der Waals surface area (Å²) in [5, 5.41) is 5.08. The molecular weight excluding hydrogens is 333 g/mol. The number of halogens is 1. The van der Waals surface area contributed by atoms with Crippen molar-refractivity contribution in [2.45, 2.75) is 37.6 Å². The zero-order valence-corrected chi connectivity index (χ0v) is 14.2. The molecule has 8 heteroatoms. The van der Waals surface area contributed by atoms with Crippen molar-refractivity contribution in [2.24, 2.45) is 0 Å². The summed E-state index contributed by atoms with van der Waals surface area (Å²) < 4.78 is 14.0. The maximum atomic E-state index is 14.0. The van der Waals surface area contributed by atoms with Crippen molar-refractivity contribution in [2.75, 3.05) is 16.4 Å². The molecule has 24 heavy (non-hydrogen) atoms. The van der Waals surface area contributed by atoms with Gasteiger partial charge in [0.25, 0.3) is 0 Å². The lowest BCUT2D eigenvalue weighted by atomic mass is 10.2. The number of thioether (sulfide) groups is 1. The number of amides is 3. The van der Waals surface area contributed by atoms with Crippen LogP contribution in [0.2, 0.25) is 0 Å². The molecular formula is C16H18FN3O3S. The van der Waals surface area contributed by atoms with Crippen molar-refractivity contribution >= 4 is 40.9 Å². The van der Waals surface area contributed by atoms with Crippen molar-refractivity contribution < 1.29 is 18.8 Å². The molecule has 1 aromatic rings. The number of carbonyl (C=O) groups excluding carboxylic acids is 3. The monoisotopic (exact) mass is 351 g/mol. The molecule has 1 aromatic carbocycles. The van der Waals surface area contributed by atoms with Crippen LogP contribution in [0.5, 0.6) is 0 Å². The third-order valence-electron chi connectivity index (χ3n) is 4.29. The molecule has 2 aliphatic rings. The van der Waals surface area contributed by atoms with Crippen molar-refractivity contribution in [3.63, 3.8) is 0 Å². The number of fused-ring (bicyclic) bond motifs is 1. The Hall–Kier alpha value is -2.09. The first-order chi connectivity index (χ1) is 11.3. The predicted molar refractivity (Wildman–Crippen MR) is 90.1 cm³/mol. The van der Waals surface area contributed by atoms with Crippen LogP contribution in [0.3, 0.4) is 0 Å². The van der Waals surface area contributed by atoms with Gasteiger partial charge in [-0.2, -0.15) is 0 Å². The number of hydrogen-bond donors (Lipinski definition) is 2. The summed E-state index contributed by atoms with van der Waals surface area (Å²) in [6.07, 6.45) is 1.15. The highest BCUT2D eigenvalue weighted by atomic mass is 32.2. The summed E-state index contributed by atoms with van der Waals surface area (Å²) in [6.45, 7) is 3.30. The van der Waals surface area contributed by atoms with Crippen molar-refractivity contribution in [3.05, 3.63) is 24.0 Å². The topological polar surface area (TPSA) is 78.5 Å². The van der Waals surface area contributed by atoms with Gasteiger partial charge in [0, 0.05) is 24.8 Å². The fraction of sp³-hybridized carbons (Fsp3) is 0.438.